The van der Waals surface area contributed by atoms with E-state index in [2.05, 4.69) is 0 Å². The molecule has 0 saturated carbocycles. The summed E-state index contributed by atoms with van der Waals surface area (Å²) in [6, 6.07) is 0. The van der Waals surface area contributed by atoms with Crippen LogP contribution in [0.3, 0.4) is 0 Å². The van der Waals surface area contributed by atoms with Crippen LogP contribution in [0.2, 0.25) is 0 Å². The second-order valence-corrected chi connectivity index (χ2v) is 2.80. The summed E-state index contributed by atoms with van der Waals surface area (Å²) in [5.41, 5.74) is -1.30. The minimum Gasteiger partial charge on any atom is -0.243 e. The molecule has 8 heavy (non-hydrogen) atoms. The smallest absolute Gasteiger partial charge is 0.177 e. The van der Waals surface area contributed by atoms with Crippen LogP contribution in [-0.4, -0.2) is 11.7 Å². The second kappa shape index (κ2) is 2.67. The van der Waals surface area contributed by atoms with Crippen LogP contribution in [0.5, 0.6) is 0 Å². The molecule has 1 heterocycles. The molecule has 47 valence electrons. The third-order valence-electron chi connectivity index (χ3n) is 1.07. The molecular weight excluding hydrogens is 130 g/mol. The molecule has 1 rings (SSSR count). The van der Waals surface area contributed by atoms with Gasteiger partial charge < -0.3 is 0 Å². The third-order valence-corrected chi connectivity index (χ3v) is 2.05. The molecule has 0 aromatic rings. The van der Waals surface area contributed by atoms with Crippen molar-refractivity contribution in [1.29, 1.82) is 0 Å². The van der Waals surface area contributed by atoms with Crippen molar-refractivity contribution >= 4 is 11.8 Å². The van der Waals surface area contributed by atoms with Crippen LogP contribution >= 0.6 is 11.8 Å². The lowest BCUT2D eigenvalue weighted by atomic mass is 10.2. The lowest BCUT2D eigenvalue weighted by Crippen LogP contribution is -2.16. The van der Waals surface area contributed by atoms with Crippen LogP contribution in [-0.2, 0) is 0 Å². The van der Waals surface area contributed by atoms with Gasteiger partial charge in [-0.3, -0.25) is 0 Å². The summed E-state index contributed by atoms with van der Waals surface area (Å²) in [6.07, 6.45) is -0.176. The highest BCUT2D eigenvalue weighted by Crippen LogP contribution is 2.31. The number of rotatable bonds is 0. The van der Waals surface area contributed by atoms with Crippen LogP contribution in [0, 0.1) is 5.75 Å². The highest BCUT2D eigenvalue weighted by molar-refractivity contribution is 8.01. The van der Waals surface area contributed by atoms with Gasteiger partial charge in [-0.1, -0.05) is 0 Å². The molecule has 0 aromatic heterocycles. The van der Waals surface area contributed by atoms with Crippen molar-refractivity contribution in [2.75, 3.05) is 0 Å². The molecule has 1 radical (unpaired) electrons. The van der Waals surface area contributed by atoms with E-state index < -0.39 is 11.7 Å². The number of thioether (sulfide) groups is 1. The summed E-state index contributed by atoms with van der Waals surface area (Å²) in [4.78, 5) is 0. The molecule has 0 bridgehead atoms. The number of alkyl halides is 2. The maximum absolute atomic E-state index is 12.2. The number of hydrogen-bond donors (Lipinski definition) is 0. The quantitative estimate of drug-likeness (QED) is 0.493. The van der Waals surface area contributed by atoms with Crippen molar-refractivity contribution in [3.05, 3.63) is 5.75 Å². The van der Waals surface area contributed by atoms with Gasteiger partial charge in [-0.2, -0.15) is 0 Å². The standard InChI is InChI=1S/C5H7F2S/c6-4-2-1-3-8-5(4)7/h3-5H,1-2H2. The van der Waals surface area contributed by atoms with Gasteiger partial charge in [0.25, 0.3) is 0 Å². The molecular formula is C5H7F2S. The fourth-order valence-corrected chi connectivity index (χ4v) is 1.37. The molecule has 1 saturated heterocycles. The van der Waals surface area contributed by atoms with E-state index >= 15 is 0 Å². The van der Waals surface area contributed by atoms with Crippen LogP contribution in [0.1, 0.15) is 12.8 Å². The van der Waals surface area contributed by atoms with E-state index in [-0.39, 0.29) is 0 Å². The third kappa shape index (κ3) is 1.34. The van der Waals surface area contributed by atoms with Gasteiger partial charge >= 0.3 is 0 Å². The number of halogens is 2. The first-order valence-corrected chi connectivity index (χ1v) is 3.50. The lowest BCUT2D eigenvalue weighted by Gasteiger charge is -2.17. The molecule has 0 aromatic carbocycles. The Morgan fingerprint density at radius 1 is 1.50 bits per heavy atom. The first-order chi connectivity index (χ1) is 3.80. The van der Waals surface area contributed by atoms with E-state index in [0.717, 1.165) is 11.8 Å². The van der Waals surface area contributed by atoms with E-state index in [4.69, 9.17) is 0 Å². The average Bonchev–Trinajstić information content (AvgIpc) is 1.77. The van der Waals surface area contributed by atoms with E-state index in [1.165, 1.54) is 0 Å². The van der Waals surface area contributed by atoms with E-state index in [9.17, 15) is 8.78 Å². The van der Waals surface area contributed by atoms with Crippen molar-refractivity contribution in [2.45, 2.75) is 24.5 Å². The largest absolute Gasteiger partial charge is 0.243 e. The first-order valence-electron chi connectivity index (χ1n) is 2.56. The Balaban J connectivity index is 2.28. The molecule has 0 N–H and O–H groups in total. The molecule has 2 unspecified atom stereocenters. The Morgan fingerprint density at radius 2 is 2.25 bits per heavy atom. The molecule has 0 amide bonds. The molecule has 0 aliphatic carbocycles. The van der Waals surface area contributed by atoms with Gasteiger partial charge in [0.2, 0.25) is 0 Å². The maximum Gasteiger partial charge on any atom is 0.177 e. The van der Waals surface area contributed by atoms with Gasteiger partial charge in [0.1, 0.15) is 6.17 Å². The minimum absolute atomic E-state index is 0.355. The summed E-state index contributed by atoms with van der Waals surface area (Å²) in [6.45, 7) is 0. The normalized spacial score (nSPS) is 39.8. The molecule has 0 nitrogen and oxygen atoms in total. The predicted molar refractivity (Wildman–Crippen MR) is 30.9 cm³/mol. The summed E-state index contributed by atoms with van der Waals surface area (Å²) >= 11 is 0.959. The van der Waals surface area contributed by atoms with Crippen molar-refractivity contribution < 1.29 is 8.78 Å². The molecule has 1 aliphatic heterocycles. The Bertz CT molecular complexity index is 66.8. The van der Waals surface area contributed by atoms with Crippen molar-refractivity contribution in [2.24, 2.45) is 0 Å². The zero-order valence-corrected chi connectivity index (χ0v) is 5.13. The van der Waals surface area contributed by atoms with E-state index in [1.54, 1.807) is 5.75 Å². The van der Waals surface area contributed by atoms with E-state index in [0.29, 0.717) is 12.8 Å². The van der Waals surface area contributed by atoms with Gasteiger partial charge in [0.05, 0.1) is 0 Å². The van der Waals surface area contributed by atoms with Crippen LogP contribution in [0.15, 0.2) is 0 Å². The minimum atomic E-state index is -1.30. The fourth-order valence-electron chi connectivity index (χ4n) is 0.604. The van der Waals surface area contributed by atoms with Crippen molar-refractivity contribution in [3.63, 3.8) is 0 Å². The molecule has 0 spiro atoms. The second-order valence-electron chi connectivity index (χ2n) is 1.75. The highest BCUT2D eigenvalue weighted by Gasteiger charge is 2.24. The van der Waals surface area contributed by atoms with E-state index in [1.807, 2.05) is 0 Å². The maximum atomic E-state index is 12.2. The lowest BCUT2D eigenvalue weighted by molar-refractivity contribution is 0.219. The molecule has 2 atom stereocenters. The van der Waals surface area contributed by atoms with Crippen molar-refractivity contribution in [1.82, 2.24) is 0 Å². The summed E-state index contributed by atoms with van der Waals surface area (Å²) in [5, 5.41) is 0. The van der Waals surface area contributed by atoms with Gasteiger partial charge in [0.15, 0.2) is 5.50 Å². The SMILES string of the molecule is FC1CC[CH]SC1F. The van der Waals surface area contributed by atoms with Crippen LogP contribution in [0.4, 0.5) is 8.78 Å². The zero-order valence-electron chi connectivity index (χ0n) is 4.31. The summed E-state index contributed by atoms with van der Waals surface area (Å²) < 4.78 is 24.3. The van der Waals surface area contributed by atoms with Gasteiger partial charge in [-0.25, -0.2) is 8.78 Å². The Kier molecular flexibility index (Phi) is 2.11. The molecule has 1 fully saturated rings. The van der Waals surface area contributed by atoms with Gasteiger partial charge in [0, 0.05) is 5.75 Å². The highest BCUT2D eigenvalue weighted by atomic mass is 32.2. The summed E-state index contributed by atoms with van der Waals surface area (Å²) in [7, 11) is 0. The Morgan fingerprint density at radius 3 is 2.62 bits per heavy atom. The molecule has 1 aliphatic rings. The van der Waals surface area contributed by atoms with Crippen molar-refractivity contribution in [3.8, 4) is 0 Å². The summed E-state index contributed by atoms with van der Waals surface area (Å²) in [5.74, 6) is 1.72. The average molecular weight is 137 g/mol. The van der Waals surface area contributed by atoms with Gasteiger partial charge in [-0.05, 0) is 12.8 Å². The predicted octanol–water partition coefficient (Wildman–Crippen LogP) is 2.31. The molecule has 3 heteroatoms. The van der Waals surface area contributed by atoms with Crippen LogP contribution < -0.4 is 0 Å². The monoisotopic (exact) mass is 137 g/mol. The van der Waals surface area contributed by atoms with Crippen LogP contribution in [0.25, 0.3) is 0 Å². The van der Waals surface area contributed by atoms with Gasteiger partial charge in [-0.15, -0.1) is 11.8 Å². The topological polar surface area (TPSA) is 0 Å². The first kappa shape index (κ1) is 6.33. The zero-order chi connectivity index (χ0) is 5.98. The Labute approximate surface area is 51.6 Å². The Hall–Kier alpha value is 0.210. The number of hydrogen-bond acceptors (Lipinski definition) is 1. The fraction of sp³-hybridized carbons (Fsp3) is 0.800.